The molecule has 0 spiro atoms. The highest BCUT2D eigenvalue weighted by Gasteiger charge is 1.99. The molecule has 0 aliphatic heterocycles. The van der Waals surface area contributed by atoms with Crippen LogP contribution in [0.2, 0.25) is 0 Å². The molecule has 106 valence electrons. The van der Waals surface area contributed by atoms with E-state index in [2.05, 4.69) is 0 Å². The first-order chi connectivity index (χ1) is 9.53. The fraction of sp³-hybridized carbons (Fsp3) is 0.143. The second kappa shape index (κ2) is 6.57. The summed E-state index contributed by atoms with van der Waals surface area (Å²) in [5.41, 5.74) is 1.05. The van der Waals surface area contributed by atoms with E-state index in [1.54, 1.807) is 24.3 Å². The van der Waals surface area contributed by atoms with Crippen molar-refractivity contribution >= 4 is 7.60 Å². The fourth-order valence-corrected chi connectivity index (χ4v) is 1.83. The molecule has 0 aromatic heterocycles. The lowest BCUT2D eigenvalue weighted by Crippen LogP contribution is -2.19. The van der Waals surface area contributed by atoms with Gasteiger partial charge >= 0.3 is 0 Å². The minimum Gasteiger partial charge on any atom is -0.808 e. The Labute approximate surface area is 116 Å². The van der Waals surface area contributed by atoms with Crippen molar-refractivity contribution in [2.75, 3.05) is 6.35 Å². The van der Waals surface area contributed by atoms with Crippen molar-refractivity contribution in [1.29, 1.82) is 0 Å². The van der Waals surface area contributed by atoms with Gasteiger partial charge in [-0.05, 0) is 37.4 Å². The fourth-order valence-electron chi connectivity index (χ4n) is 1.53. The molecule has 0 unspecified atom stereocenters. The zero-order chi connectivity index (χ0) is 14.4. The molecular weight excluding hydrogens is 279 g/mol. The number of hydrogen-bond donors (Lipinski definition) is 0. The van der Waals surface area contributed by atoms with E-state index in [1.807, 2.05) is 30.3 Å². The van der Waals surface area contributed by atoms with E-state index in [0.29, 0.717) is 18.1 Å². The van der Waals surface area contributed by atoms with Crippen molar-refractivity contribution in [3.8, 4) is 11.5 Å². The second-order valence-electron chi connectivity index (χ2n) is 4.13. The van der Waals surface area contributed by atoms with E-state index in [-0.39, 0.29) is 0 Å². The largest absolute Gasteiger partial charge is 0.808 e. The maximum Gasteiger partial charge on any atom is 0.120 e. The van der Waals surface area contributed by atoms with Gasteiger partial charge in [-0.2, -0.15) is 0 Å². The molecule has 0 saturated heterocycles. The number of ether oxygens (including phenoxy) is 2. The predicted molar refractivity (Wildman–Crippen MR) is 70.3 cm³/mol. The first kappa shape index (κ1) is 14.6. The summed E-state index contributed by atoms with van der Waals surface area (Å²) in [5, 5.41) is 0. The summed E-state index contributed by atoms with van der Waals surface area (Å²) in [6.45, 7) is 0.442. The summed E-state index contributed by atoms with van der Waals surface area (Å²) in [4.78, 5) is 20.9. The van der Waals surface area contributed by atoms with E-state index in [4.69, 9.17) is 9.47 Å². The lowest BCUT2D eigenvalue weighted by atomic mass is 10.2. The van der Waals surface area contributed by atoms with Crippen LogP contribution in [0.15, 0.2) is 54.6 Å². The van der Waals surface area contributed by atoms with Crippen LogP contribution in [0.4, 0.5) is 0 Å². The van der Waals surface area contributed by atoms with Crippen molar-refractivity contribution in [2.45, 2.75) is 6.61 Å². The molecule has 0 N–H and O–H groups in total. The molecule has 2 aromatic rings. The van der Waals surface area contributed by atoms with E-state index in [1.165, 1.54) is 0 Å². The monoisotopic (exact) mass is 292 g/mol. The van der Waals surface area contributed by atoms with E-state index in [9.17, 15) is 14.4 Å². The standard InChI is InChI=1S/C14H15O5P/c15-20(16,17)11-19-14-8-6-13(7-9-14)18-10-12-4-2-1-3-5-12/h1-9H,10-11H2,(H2,15,16,17)/p-2. The molecule has 6 heteroatoms. The molecule has 0 heterocycles. The first-order valence-corrected chi connectivity index (χ1v) is 7.66. The lowest BCUT2D eigenvalue weighted by Gasteiger charge is -2.28. The van der Waals surface area contributed by atoms with Crippen molar-refractivity contribution in [3.05, 3.63) is 60.2 Å². The molecular formula is C14H13O5P-2. The van der Waals surface area contributed by atoms with Gasteiger partial charge in [-0.25, -0.2) is 0 Å². The molecule has 0 atom stereocenters. The quantitative estimate of drug-likeness (QED) is 0.754. The Morgan fingerprint density at radius 2 is 1.40 bits per heavy atom. The van der Waals surface area contributed by atoms with Crippen molar-refractivity contribution in [2.24, 2.45) is 0 Å². The second-order valence-corrected chi connectivity index (χ2v) is 5.61. The normalized spacial score (nSPS) is 11.1. The minimum absolute atomic E-state index is 0.309. The van der Waals surface area contributed by atoms with Crippen LogP contribution in [0.3, 0.4) is 0 Å². The molecule has 2 aromatic carbocycles. The van der Waals surface area contributed by atoms with Gasteiger partial charge in [0.1, 0.15) is 24.5 Å². The summed E-state index contributed by atoms with van der Waals surface area (Å²) in [6.07, 6.45) is -0.850. The highest BCUT2D eigenvalue weighted by Crippen LogP contribution is 2.25. The summed E-state index contributed by atoms with van der Waals surface area (Å²) >= 11 is 0. The molecule has 0 radical (unpaired) electrons. The number of rotatable bonds is 6. The van der Waals surface area contributed by atoms with Gasteiger partial charge in [0.2, 0.25) is 0 Å². The van der Waals surface area contributed by atoms with E-state index < -0.39 is 13.9 Å². The molecule has 20 heavy (non-hydrogen) atoms. The zero-order valence-electron chi connectivity index (χ0n) is 10.6. The smallest absolute Gasteiger partial charge is 0.120 e. The molecule has 2 rings (SSSR count). The van der Waals surface area contributed by atoms with Crippen molar-refractivity contribution in [3.63, 3.8) is 0 Å². The zero-order valence-corrected chi connectivity index (χ0v) is 11.5. The third-order valence-electron chi connectivity index (χ3n) is 2.46. The van der Waals surface area contributed by atoms with Crippen LogP contribution in [0, 0.1) is 0 Å². The van der Waals surface area contributed by atoms with Gasteiger partial charge in [0, 0.05) is 0 Å². The van der Waals surface area contributed by atoms with Crippen LogP contribution in [0.5, 0.6) is 11.5 Å². The van der Waals surface area contributed by atoms with Gasteiger partial charge < -0.3 is 23.8 Å². The highest BCUT2D eigenvalue weighted by molar-refractivity contribution is 7.48. The number of hydrogen-bond acceptors (Lipinski definition) is 5. The molecule has 0 bridgehead atoms. The topological polar surface area (TPSA) is 81.7 Å². The van der Waals surface area contributed by atoms with Crippen molar-refractivity contribution in [1.82, 2.24) is 0 Å². The Kier molecular flexibility index (Phi) is 4.79. The Balaban J connectivity index is 1.87. The SMILES string of the molecule is O=P([O-])([O-])COc1ccc(OCc2ccccc2)cc1. The molecule has 0 aliphatic rings. The van der Waals surface area contributed by atoms with Crippen LogP contribution in [-0.4, -0.2) is 6.35 Å². The van der Waals surface area contributed by atoms with Gasteiger partial charge in [-0.1, -0.05) is 30.3 Å². The number of benzene rings is 2. The van der Waals surface area contributed by atoms with Crippen molar-refractivity contribution < 1.29 is 23.8 Å². The van der Waals surface area contributed by atoms with E-state index in [0.717, 1.165) is 5.56 Å². The first-order valence-electron chi connectivity index (χ1n) is 5.94. The maximum absolute atomic E-state index is 10.5. The molecule has 0 amide bonds. The van der Waals surface area contributed by atoms with Gasteiger partial charge in [0.25, 0.3) is 0 Å². The molecule has 5 nitrogen and oxygen atoms in total. The van der Waals surface area contributed by atoms with Crippen LogP contribution in [-0.2, 0) is 11.2 Å². The Hall–Kier alpha value is -1.81. The molecule has 0 aliphatic carbocycles. The summed E-state index contributed by atoms with van der Waals surface area (Å²) in [7, 11) is -4.65. The minimum atomic E-state index is -4.65. The van der Waals surface area contributed by atoms with Crippen LogP contribution < -0.4 is 19.3 Å². The average Bonchev–Trinajstić information content (AvgIpc) is 2.44. The van der Waals surface area contributed by atoms with Crippen LogP contribution in [0.1, 0.15) is 5.56 Å². The summed E-state index contributed by atoms with van der Waals surface area (Å²) < 4.78 is 20.9. The van der Waals surface area contributed by atoms with E-state index >= 15 is 0 Å². The Morgan fingerprint density at radius 3 is 1.95 bits per heavy atom. The lowest BCUT2D eigenvalue weighted by molar-refractivity contribution is -0.316. The molecule has 0 fully saturated rings. The highest BCUT2D eigenvalue weighted by atomic mass is 31.2. The van der Waals surface area contributed by atoms with Gasteiger partial charge in [-0.3, -0.25) is 0 Å². The summed E-state index contributed by atoms with van der Waals surface area (Å²) in [5.74, 6) is 0.942. The summed E-state index contributed by atoms with van der Waals surface area (Å²) in [6, 6.07) is 16.1. The Morgan fingerprint density at radius 1 is 0.850 bits per heavy atom. The van der Waals surface area contributed by atoms with Crippen LogP contribution >= 0.6 is 7.60 Å². The maximum atomic E-state index is 10.5. The van der Waals surface area contributed by atoms with Gasteiger partial charge in [0.15, 0.2) is 0 Å². The Bertz CT molecular complexity index is 576. The third kappa shape index (κ3) is 5.05. The third-order valence-corrected chi connectivity index (χ3v) is 2.91. The van der Waals surface area contributed by atoms with Gasteiger partial charge in [0.05, 0.1) is 0 Å². The average molecular weight is 292 g/mol. The van der Waals surface area contributed by atoms with Crippen LogP contribution in [0.25, 0.3) is 0 Å². The van der Waals surface area contributed by atoms with Gasteiger partial charge in [-0.15, -0.1) is 0 Å². The predicted octanol–water partition coefficient (Wildman–Crippen LogP) is 1.52. The molecule has 0 saturated carbocycles.